The third kappa shape index (κ3) is 2.69. The van der Waals surface area contributed by atoms with E-state index in [1.165, 1.54) is 16.8 Å². The van der Waals surface area contributed by atoms with Gasteiger partial charge in [0.1, 0.15) is 5.58 Å². The molecule has 0 radical (unpaired) electrons. The van der Waals surface area contributed by atoms with Crippen molar-refractivity contribution in [1.29, 1.82) is 0 Å². The lowest BCUT2D eigenvalue weighted by Crippen LogP contribution is -2.39. The van der Waals surface area contributed by atoms with Gasteiger partial charge in [0, 0.05) is 16.8 Å². The van der Waals surface area contributed by atoms with Crippen molar-refractivity contribution in [2.24, 2.45) is 0 Å². The quantitative estimate of drug-likeness (QED) is 0.384. The zero-order valence-electron chi connectivity index (χ0n) is 14.1. The summed E-state index contributed by atoms with van der Waals surface area (Å²) in [7, 11) is 0. The smallest absolute Gasteiger partial charge is 0.343 e. The number of aryl methyl sites for hydroxylation is 2. The zero-order valence-corrected chi connectivity index (χ0v) is 15.7. The van der Waals surface area contributed by atoms with Crippen molar-refractivity contribution in [2.75, 3.05) is 5.01 Å². The average Bonchev–Trinajstić information content (AvgIpc) is 3.07. The number of nitrogens with zero attached hydrogens (tertiary/aromatic N) is 2. The summed E-state index contributed by atoms with van der Waals surface area (Å²) in [6.07, 6.45) is 1.55. The van der Waals surface area contributed by atoms with E-state index in [0.29, 0.717) is 20.4 Å². The Bertz CT molecular complexity index is 1140. The van der Waals surface area contributed by atoms with E-state index in [4.69, 9.17) is 16.6 Å². The molecule has 0 N–H and O–H groups in total. The van der Waals surface area contributed by atoms with E-state index in [-0.39, 0.29) is 5.91 Å². The number of para-hydroxylation sites is 1. The minimum Gasteiger partial charge on any atom is -0.422 e. The molecule has 0 atom stereocenters. The van der Waals surface area contributed by atoms with Crippen LogP contribution in [0.4, 0.5) is 0 Å². The first-order chi connectivity index (χ1) is 12.5. The Labute approximate surface area is 158 Å². The van der Waals surface area contributed by atoms with Crippen LogP contribution in [0.1, 0.15) is 17.0 Å². The summed E-state index contributed by atoms with van der Waals surface area (Å²) in [6.45, 7) is 3.82. The number of hydrogen-bond donors (Lipinski definition) is 0. The molecule has 3 heterocycles. The predicted octanol–water partition coefficient (Wildman–Crippen LogP) is 3.75. The fourth-order valence-electron chi connectivity index (χ4n) is 2.93. The van der Waals surface area contributed by atoms with Crippen molar-refractivity contribution in [3.8, 4) is 0 Å². The van der Waals surface area contributed by atoms with Gasteiger partial charge in [-0.05, 0) is 56.4 Å². The minimum absolute atomic E-state index is 0.255. The molecule has 130 valence electrons. The molecule has 1 saturated heterocycles. The monoisotopic (exact) mass is 382 g/mol. The molecule has 7 heteroatoms. The van der Waals surface area contributed by atoms with Gasteiger partial charge in [-0.3, -0.25) is 9.47 Å². The van der Waals surface area contributed by atoms with Crippen LogP contribution in [0.5, 0.6) is 0 Å². The second-order valence-electron chi connectivity index (χ2n) is 5.95. The van der Waals surface area contributed by atoms with Gasteiger partial charge in [0.05, 0.1) is 10.5 Å². The Balaban J connectivity index is 1.78. The molecule has 2 aromatic heterocycles. The largest absolute Gasteiger partial charge is 0.422 e. The van der Waals surface area contributed by atoms with Crippen LogP contribution >= 0.6 is 24.0 Å². The number of amides is 1. The standard InChI is InChI=1S/C19H14N2O3S2/c1-11-7-8-12(2)20(11)21-17(22)16(26-19(21)25)10-14-9-13-5-3-4-6-15(13)24-18(14)23/h3-10H,1-2H3/b16-10+. The number of thioether (sulfide) groups is 1. The summed E-state index contributed by atoms with van der Waals surface area (Å²) < 4.78 is 7.53. The zero-order chi connectivity index (χ0) is 18.4. The molecule has 1 fully saturated rings. The maximum Gasteiger partial charge on any atom is 0.343 e. The Morgan fingerprint density at radius 3 is 2.50 bits per heavy atom. The molecule has 0 saturated carbocycles. The van der Waals surface area contributed by atoms with Crippen molar-refractivity contribution >= 4 is 51.3 Å². The van der Waals surface area contributed by atoms with Gasteiger partial charge in [-0.2, -0.15) is 5.01 Å². The first-order valence-electron chi connectivity index (χ1n) is 7.92. The molecule has 26 heavy (non-hydrogen) atoms. The van der Waals surface area contributed by atoms with Gasteiger partial charge in [-0.1, -0.05) is 30.0 Å². The highest BCUT2D eigenvalue weighted by Crippen LogP contribution is 2.32. The van der Waals surface area contributed by atoms with Gasteiger partial charge in [0.2, 0.25) is 0 Å². The highest BCUT2D eigenvalue weighted by Gasteiger charge is 2.35. The van der Waals surface area contributed by atoms with E-state index < -0.39 is 5.63 Å². The number of carbonyl (C=O) groups excluding carboxylic acids is 1. The lowest BCUT2D eigenvalue weighted by molar-refractivity contribution is -0.114. The first-order valence-corrected chi connectivity index (χ1v) is 9.14. The molecule has 3 aromatic rings. The minimum atomic E-state index is -0.484. The molecule has 5 nitrogen and oxygen atoms in total. The normalized spacial score (nSPS) is 16.2. The molecule has 1 aliphatic heterocycles. The lowest BCUT2D eigenvalue weighted by Gasteiger charge is -2.20. The number of carbonyl (C=O) groups is 1. The SMILES string of the molecule is Cc1ccc(C)n1N1C(=O)/C(=C\c2cc3ccccc3oc2=O)SC1=S. The molecule has 1 aromatic carbocycles. The van der Waals surface area contributed by atoms with Crippen molar-refractivity contribution in [3.05, 3.63) is 74.7 Å². The second-order valence-corrected chi connectivity index (χ2v) is 7.62. The van der Waals surface area contributed by atoms with Crippen LogP contribution in [-0.2, 0) is 4.79 Å². The van der Waals surface area contributed by atoms with E-state index in [0.717, 1.165) is 16.8 Å². The number of aromatic nitrogens is 1. The number of fused-ring (bicyclic) bond motifs is 1. The summed E-state index contributed by atoms with van der Waals surface area (Å²) in [5.41, 5.74) is 2.17. The fraction of sp³-hybridized carbons (Fsp3) is 0.105. The van der Waals surface area contributed by atoms with Crippen LogP contribution < -0.4 is 10.6 Å². The summed E-state index contributed by atoms with van der Waals surface area (Å²) in [5.74, 6) is -0.255. The highest BCUT2D eigenvalue weighted by molar-refractivity contribution is 8.27. The molecule has 1 aliphatic rings. The topological polar surface area (TPSA) is 55.5 Å². The third-order valence-corrected chi connectivity index (χ3v) is 5.45. The second kappa shape index (κ2) is 6.26. The van der Waals surface area contributed by atoms with Crippen molar-refractivity contribution < 1.29 is 9.21 Å². The maximum atomic E-state index is 12.9. The third-order valence-electron chi connectivity index (χ3n) is 4.16. The van der Waals surface area contributed by atoms with Gasteiger partial charge in [0.25, 0.3) is 5.91 Å². The molecule has 1 amide bonds. The summed E-state index contributed by atoms with van der Waals surface area (Å²) >= 11 is 6.57. The van der Waals surface area contributed by atoms with E-state index in [1.807, 2.05) is 38.1 Å². The summed E-state index contributed by atoms with van der Waals surface area (Å²) in [5, 5.41) is 2.25. The van der Waals surface area contributed by atoms with Crippen LogP contribution in [0, 0.1) is 13.8 Å². The number of thiocarbonyl (C=S) groups is 1. The van der Waals surface area contributed by atoms with Crippen LogP contribution in [0.3, 0.4) is 0 Å². The van der Waals surface area contributed by atoms with E-state index in [9.17, 15) is 9.59 Å². The van der Waals surface area contributed by atoms with Gasteiger partial charge < -0.3 is 4.42 Å². The molecule has 0 spiro atoms. The van der Waals surface area contributed by atoms with Crippen LogP contribution in [-0.4, -0.2) is 14.9 Å². The summed E-state index contributed by atoms with van der Waals surface area (Å²) in [6, 6.07) is 12.8. The Kier molecular flexibility index (Phi) is 4.05. The van der Waals surface area contributed by atoms with Crippen molar-refractivity contribution in [1.82, 2.24) is 4.68 Å². The first kappa shape index (κ1) is 16.8. The molecule has 0 bridgehead atoms. The number of benzene rings is 1. The van der Waals surface area contributed by atoms with Crippen LogP contribution in [0.2, 0.25) is 0 Å². The van der Waals surface area contributed by atoms with Gasteiger partial charge >= 0.3 is 5.63 Å². The van der Waals surface area contributed by atoms with E-state index in [2.05, 4.69) is 0 Å². The predicted molar refractivity (Wildman–Crippen MR) is 108 cm³/mol. The average molecular weight is 382 g/mol. The van der Waals surface area contributed by atoms with E-state index in [1.54, 1.807) is 29.0 Å². The van der Waals surface area contributed by atoms with Crippen LogP contribution in [0.15, 0.2) is 56.6 Å². The van der Waals surface area contributed by atoms with Crippen molar-refractivity contribution in [2.45, 2.75) is 13.8 Å². The number of hydrogen-bond acceptors (Lipinski definition) is 5. The van der Waals surface area contributed by atoms with Crippen molar-refractivity contribution in [3.63, 3.8) is 0 Å². The lowest BCUT2D eigenvalue weighted by atomic mass is 10.2. The van der Waals surface area contributed by atoms with Crippen LogP contribution in [0.25, 0.3) is 17.0 Å². The molecule has 4 rings (SSSR count). The summed E-state index contributed by atoms with van der Waals surface area (Å²) in [4.78, 5) is 25.5. The molecule has 0 unspecified atom stereocenters. The molecule has 0 aliphatic carbocycles. The highest BCUT2D eigenvalue weighted by atomic mass is 32.2. The fourth-order valence-corrected chi connectivity index (χ4v) is 4.16. The Morgan fingerprint density at radius 2 is 1.77 bits per heavy atom. The maximum absolute atomic E-state index is 12.9. The van der Waals surface area contributed by atoms with Gasteiger partial charge in [0.15, 0.2) is 4.32 Å². The molecular formula is C19H14N2O3S2. The van der Waals surface area contributed by atoms with E-state index >= 15 is 0 Å². The number of rotatable bonds is 2. The Morgan fingerprint density at radius 1 is 1.08 bits per heavy atom. The van der Waals surface area contributed by atoms with Gasteiger partial charge in [-0.15, -0.1) is 0 Å². The molecular weight excluding hydrogens is 368 g/mol. The Hall–Kier alpha value is -2.64. The van der Waals surface area contributed by atoms with Gasteiger partial charge in [-0.25, -0.2) is 4.79 Å².